The van der Waals surface area contributed by atoms with Gasteiger partial charge in [0.1, 0.15) is 0 Å². The van der Waals surface area contributed by atoms with E-state index in [9.17, 15) is 4.79 Å². The summed E-state index contributed by atoms with van der Waals surface area (Å²) in [5.74, 6) is 0.666. The smallest absolute Gasteiger partial charge is 0.318 e. The lowest BCUT2D eigenvalue weighted by molar-refractivity contribution is -0.142. The molecule has 1 aromatic rings. The number of nitrogens with zero attached hydrogens (tertiary/aromatic N) is 1. The van der Waals surface area contributed by atoms with Gasteiger partial charge in [0, 0.05) is 18.1 Å². The van der Waals surface area contributed by atoms with Crippen molar-refractivity contribution in [2.75, 3.05) is 6.61 Å². The van der Waals surface area contributed by atoms with Crippen molar-refractivity contribution < 1.29 is 9.53 Å². The maximum absolute atomic E-state index is 11.3. The first-order valence-electron chi connectivity index (χ1n) is 4.91. The van der Waals surface area contributed by atoms with Crippen molar-refractivity contribution in [2.45, 2.75) is 24.9 Å². The van der Waals surface area contributed by atoms with Crippen LogP contribution in [0.15, 0.2) is 24.5 Å². The molecule has 1 atom stereocenters. The van der Waals surface area contributed by atoms with E-state index in [1.807, 2.05) is 26.0 Å². The molecule has 0 radical (unpaired) electrons. The Hall–Kier alpha value is -1.03. The van der Waals surface area contributed by atoms with Crippen molar-refractivity contribution in [2.24, 2.45) is 0 Å². The number of pyridine rings is 1. The van der Waals surface area contributed by atoms with Gasteiger partial charge < -0.3 is 4.74 Å². The summed E-state index contributed by atoms with van der Waals surface area (Å²) in [6.07, 6.45) is 3.51. The highest BCUT2D eigenvalue weighted by Gasteiger charge is 2.13. The summed E-state index contributed by atoms with van der Waals surface area (Å²) in [6.45, 7) is 4.13. The van der Waals surface area contributed by atoms with E-state index in [2.05, 4.69) is 4.98 Å². The van der Waals surface area contributed by atoms with Crippen LogP contribution in [-0.2, 0) is 15.3 Å². The highest BCUT2D eigenvalue weighted by Crippen LogP contribution is 2.17. The van der Waals surface area contributed by atoms with Crippen molar-refractivity contribution in [3.05, 3.63) is 30.1 Å². The van der Waals surface area contributed by atoms with Crippen LogP contribution in [0.1, 0.15) is 19.4 Å². The summed E-state index contributed by atoms with van der Waals surface area (Å²) in [6, 6.07) is 3.90. The van der Waals surface area contributed by atoms with E-state index in [-0.39, 0.29) is 11.2 Å². The highest BCUT2D eigenvalue weighted by molar-refractivity contribution is 7.99. The monoisotopic (exact) mass is 225 g/mol. The topological polar surface area (TPSA) is 39.2 Å². The van der Waals surface area contributed by atoms with Crippen molar-refractivity contribution in [1.29, 1.82) is 0 Å². The number of thioether (sulfide) groups is 1. The van der Waals surface area contributed by atoms with Gasteiger partial charge in [-0.2, -0.15) is 0 Å². The average molecular weight is 225 g/mol. The molecule has 3 nitrogen and oxygen atoms in total. The molecule has 15 heavy (non-hydrogen) atoms. The van der Waals surface area contributed by atoms with Crippen LogP contribution in [0.25, 0.3) is 0 Å². The predicted molar refractivity (Wildman–Crippen MR) is 61.6 cm³/mol. The molecule has 0 saturated carbocycles. The summed E-state index contributed by atoms with van der Waals surface area (Å²) in [7, 11) is 0. The van der Waals surface area contributed by atoms with Crippen LogP contribution in [0.2, 0.25) is 0 Å². The highest BCUT2D eigenvalue weighted by atomic mass is 32.2. The minimum Gasteiger partial charge on any atom is -0.465 e. The minimum absolute atomic E-state index is 0.113. The summed E-state index contributed by atoms with van der Waals surface area (Å²) < 4.78 is 4.92. The number of carbonyl (C=O) groups excluding carboxylic acids is 1. The molecule has 0 fully saturated rings. The first-order valence-corrected chi connectivity index (χ1v) is 5.96. The number of hydrogen-bond donors (Lipinski definition) is 0. The Labute approximate surface area is 94.2 Å². The molecule has 1 unspecified atom stereocenters. The minimum atomic E-state index is -0.142. The van der Waals surface area contributed by atoms with Gasteiger partial charge in [-0.25, -0.2) is 0 Å². The molecule has 0 aromatic carbocycles. The third-order valence-corrected chi connectivity index (χ3v) is 3.06. The molecule has 0 bridgehead atoms. The molecule has 0 aliphatic heterocycles. The zero-order valence-corrected chi connectivity index (χ0v) is 9.79. The van der Waals surface area contributed by atoms with Gasteiger partial charge in [-0.3, -0.25) is 9.78 Å². The summed E-state index contributed by atoms with van der Waals surface area (Å²) in [5, 5.41) is -0.113. The molecule has 0 aliphatic rings. The molecule has 0 N–H and O–H groups in total. The van der Waals surface area contributed by atoms with Crippen LogP contribution in [0.3, 0.4) is 0 Å². The van der Waals surface area contributed by atoms with Gasteiger partial charge in [-0.15, -0.1) is 11.8 Å². The molecule has 1 rings (SSSR count). The largest absolute Gasteiger partial charge is 0.465 e. The summed E-state index contributed by atoms with van der Waals surface area (Å²) >= 11 is 1.58. The standard InChI is InChI=1S/C11H15NO2S/c1-3-14-11(13)9(2)15-8-10-4-6-12-7-5-10/h4-7,9H,3,8H2,1-2H3. The van der Waals surface area contributed by atoms with Crippen molar-refractivity contribution in [3.63, 3.8) is 0 Å². The number of esters is 1. The molecule has 82 valence electrons. The van der Waals surface area contributed by atoms with E-state index >= 15 is 0 Å². The normalized spacial score (nSPS) is 12.1. The van der Waals surface area contributed by atoms with E-state index < -0.39 is 0 Å². The number of carbonyl (C=O) groups is 1. The fraction of sp³-hybridized carbons (Fsp3) is 0.455. The Morgan fingerprint density at radius 2 is 2.20 bits per heavy atom. The van der Waals surface area contributed by atoms with Crippen molar-refractivity contribution >= 4 is 17.7 Å². The third-order valence-electron chi connectivity index (χ3n) is 1.87. The molecular weight excluding hydrogens is 210 g/mol. The Bertz CT molecular complexity index is 303. The molecule has 1 aromatic heterocycles. The Kier molecular flexibility index (Phi) is 5.18. The molecule has 0 saturated heterocycles. The Morgan fingerprint density at radius 1 is 1.53 bits per heavy atom. The SMILES string of the molecule is CCOC(=O)C(C)SCc1ccncc1. The fourth-order valence-corrected chi connectivity index (χ4v) is 1.87. The zero-order valence-electron chi connectivity index (χ0n) is 8.97. The second-order valence-corrected chi connectivity index (χ2v) is 4.39. The van der Waals surface area contributed by atoms with Crippen molar-refractivity contribution in [1.82, 2.24) is 4.98 Å². The van der Waals surface area contributed by atoms with Gasteiger partial charge in [0.25, 0.3) is 0 Å². The number of hydrogen-bond acceptors (Lipinski definition) is 4. The average Bonchev–Trinajstić information content (AvgIpc) is 2.27. The lowest BCUT2D eigenvalue weighted by Crippen LogP contribution is -2.16. The van der Waals surface area contributed by atoms with Crippen LogP contribution in [0.4, 0.5) is 0 Å². The van der Waals surface area contributed by atoms with Gasteiger partial charge >= 0.3 is 5.97 Å². The van der Waals surface area contributed by atoms with Gasteiger partial charge in [-0.05, 0) is 31.5 Å². The maximum Gasteiger partial charge on any atom is 0.318 e. The molecule has 0 spiro atoms. The zero-order chi connectivity index (χ0) is 11.1. The Balaban J connectivity index is 2.34. The summed E-state index contributed by atoms with van der Waals surface area (Å²) in [5.41, 5.74) is 1.17. The second kappa shape index (κ2) is 6.45. The van der Waals surface area contributed by atoms with Crippen LogP contribution in [0, 0.1) is 0 Å². The van der Waals surface area contributed by atoms with E-state index in [4.69, 9.17) is 4.74 Å². The van der Waals surface area contributed by atoms with Crippen LogP contribution in [0.5, 0.6) is 0 Å². The number of rotatable bonds is 5. The van der Waals surface area contributed by atoms with Crippen LogP contribution >= 0.6 is 11.8 Å². The molecule has 1 heterocycles. The summed E-state index contributed by atoms with van der Waals surface area (Å²) in [4.78, 5) is 15.2. The molecule has 0 amide bonds. The lowest BCUT2D eigenvalue weighted by Gasteiger charge is -2.09. The molecule has 4 heteroatoms. The lowest BCUT2D eigenvalue weighted by atomic mass is 10.3. The van der Waals surface area contributed by atoms with Gasteiger partial charge in [0.05, 0.1) is 11.9 Å². The van der Waals surface area contributed by atoms with E-state index in [0.717, 1.165) is 5.75 Å². The first kappa shape index (κ1) is 12.0. The molecule has 0 aliphatic carbocycles. The predicted octanol–water partition coefficient (Wildman–Crippen LogP) is 2.27. The molecular formula is C11H15NO2S. The van der Waals surface area contributed by atoms with E-state index in [1.165, 1.54) is 5.56 Å². The third kappa shape index (κ3) is 4.34. The van der Waals surface area contributed by atoms with Crippen LogP contribution < -0.4 is 0 Å². The fourth-order valence-electron chi connectivity index (χ4n) is 1.03. The van der Waals surface area contributed by atoms with Gasteiger partial charge in [0.2, 0.25) is 0 Å². The Morgan fingerprint density at radius 3 is 2.80 bits per heavy atom. The van der Waals surface area contributed by atoms with Crippen molar-refractivity contribution in [3.8, 4) is 0 Å². The van der Waals surface area contributed by atoms with Gasteiger partial charge in [0.15, 0.2) is 0 Å². The second-order valence-electron chi connectivity index (χ2n) is 3.06. The quantitative estimate of drug-likeness (QED) is 0.721. The van der Waals surface area contributed by atoms with Crippen LogP contribution in [-0.4, -0.2) is 22.8 Å². The maximum atomic E-state index is 11.3. The first-order chi connectivity index (χ1) is 7.24. The van der Waals surface area contributed by atoms with E-state index in [1.54, 1.807) is 24.2 Å². The number of ether oxygens (including phenoxy) is 1. The van der Waals surface area contributed by atoms with E-state index in [0.29, 0.717) is 6.61 Å². The number of aromatic nitrogens is 1. The van der Waals surface area contributed by atoms with Gasteiger partial charge in [-0.1, -0.05) is 0 Å².